The molecule has 0 aliphatic rings. The molecule has 0 saturated carbocycles. The monoisotopic (exact) mass is 329 g/mol. The van der Waals surface area contributed by atoms with Gasteiger partial charge in [-0.2, -0.15) is 0 Å². The van der Waals surface area contributed by atoms with E-state index in [4.69, 9.17) is 4.98 Å². The molecule has 1 unspecified atom stereocenters. The van der Waals surface area contributed by atoms with Crippen molar-refractivity contribution < 1.29 is 4.79 Å². The highest BCUT2D eigenvalue weighted by molar-refractivity contribution is 5.79. The van der Waals surface area contributed by atoms with Crippen LogP contribution < -0.4 is 5.32 Å². The minimum atomic E-state index is -0.0855. The van der Waals surface area contributed by atoms with E-state index in [1.54, 1.807) is 0 Å². The summed E-state index contributed by atoms with van der Waals surface area (Å²) in [6.07, 6.45) is 2.85. The van der Waals surface area contributed by atoms with Gasteiger partial charge >= 0.3 is 0 Å². The van der Waals surface area contributed by atoms with Crippen LogP contribution in [0.1, 0.15) is 65.7 Å². The standard InChI is InChI=1S/C20H31N3O/c1-6-16(7-2)20(24)21-15(5)19-22-17-10-8-9-11-18(17)23(19)13-12-14(3)4/h8-11,14-16H,6-7,12-13H2,1-5H3,(H,21,24). The lowest BCUT2D eigenvalue weighted by Crippen LogP contribution is -2.33. The van der Waals surface area contributed by atoms with Gasteiger partial charge in [-0.15, -0.1) is 0 Å². The number of nitrogens with one attached hydrogen (secondary N) is 1. The summed E-state index contributed by atoms with van der Waals surface area (Å²) >= 11 is 0. The molecule has 0 fully saturated rings. The van der Waals surface area contributed by atoms with Crippen molar-refractivity contribution in [1.82, 2.24) is 14.9 Å². The van der Waals surface area contributed by atoms with E-state index in [1.807, 2.05) is 25.1 Å². The van der Waals surface area contributed by atoms with Crippen LogP contribution in [0.3, 0.4) is 0 Å². The van der Waals surface area contributed by atoms with Crippen molar-refractivity contribution in [2.45, 2.75) is 66.5 Å². The molecule has 1 heterocycles. The first-order valence-electron chi connectivity index (χ1n) is 9.23. The van der Waals surface area contributed by atoms with Crippen LogP contribution in [-0.4, -0.2) is 15.5 Å². The Labute approximate surface area is 145 Å². The summed E-state index contributed by atoms with van der Waals surface area (Å²) in [5.41, 5.74) is 2.15. The number of carbonyl (C=O) groups excluding carboxylic acids is 1. The molecule has 2 aromatic rings. The molecule has 1 aromatic heterocycles. The first-order valence-corrected chi connectivity index (χ1v) is 9.23. The molecule has 4 heteroatoms. The fourth-order valence-corrected chi connectivity index (χ4v) is 3.10. The van der Waals surface area contributed by atoms with Gasteiger partial charge in [-0.3, -0.25) is 4.79 Å². The van der Waals surface area contributed by atoms with Gasteiger partial charge in [0.1, 0.15) is 5.82 Å². The van der Waals surface area contributed by atoms with E-state index in [0.717, 1.165) is 42.7 Å². The van der Waals surface area contributed by atoms with E-state index in [-0.39, 0.29) is 17.9 Å². The lowest BCUT2D eigenvalue weighted by molar-refractivity contribution is -0.125. The molecule has 1 aromatic carbocycles. The lowest BCUT2D eigenvalue weighted by Gasteiger charge is -2.20. The number of rotatable bonds is 8. The number of amides is 1. The Bertz CT molecular complexity index is 671. The van der Waals surface area contributed by atoms with Crippen LogP contribution in [0, 0.1) is 11.8 Å². The van der Waals surface area contributed by atoms with Gasteiger partial charge in [-0.1, -0.05) is 39.8 Å². The summed E-state index contributed by atoms with van der Waals surface area (Å²) in [7, 11) is 0. The molecule has 0 bridgehead atoms. The summed E-state index contributed by atoms with van der Waals surface area (Å²) in [6.45, 7) is 11.6. The number of fused-ring (bicyclic) bond motifs is 1. The maximum Gasteiger partial charge on any atom is 0.223 e. The van der Waals surface area contributed by atoms with Crippen molar-refractivity contribution in [3.8, 4) is 0 Å². The second-order valence-corrected chi connectivity index (χ2v) is 7.04. The summed E-state index contributed by atoms with van der Waals surface area (Å²) in [6, 6.07) is 8.13. The molecule has 1 N–H and O–H groups in total. The Morgan fingerprint density at radius 3 is 2.46 bits per heavy atom. The van der Waals surface area contributed by atoms with Gasteiger partial charge in [-0.25, -0.2) is 4.98 Å². The van der Waals surface area contributed by atoms with Crippen LogP contribution in [0.15, 0.2) is 24.3 Å². The molecule has 0 aliphatic carbocycles. The van der Waals surface area contributed by atoms with Gasteiger partial charge in [0, 0.05) is 12.5 Å². The quantitative estimate of drug-likeness (QED) is 0.763. The van der Waals surface area contributed by atoms with Crippen molar-refractivity contribution in [1.29, 1.82) is 0 Å². The number of para-hydroxylation sites is 2. The lowest BCUT2D eigenvalue weighted by atomic mass is 10.0. The number of carbonyl (C=O) groups is 1. The Balaban J connectivity index is 2.28. The molecule has 2 rings (SSSR count). The smallest absolute Gasteiger partial charge is 0.223 e. The van der Waals surface area contributed by atoms with Crippen molar-refractivity contribution >= 4 is 16.9 Å². The SMILES string of the molecule is CCC(CC)C(=O)NC(C)c1nc2ccccc2n1CCC(C)C. The summed E-state index contributed by atoms with van der Waals surface area (Å²) in [4.78, 5) is 17.2. The molecule has 0 spiro atoms. The van der Waals surface area contributed by atoms with Gasteiger partial charge in [0.2, 0.25) is 5.91 Å². The van der Waals surface area contributed by atoms with Crippen LogP contribution in [-0.2, 0) is 11.3 Å². The predicted molar refractivity (Wildman–Crippen MR) is 99.8 cm³/mol. The Morgan fingerprint density at radius 2 is 1.83 bits per heavy atom. The van der Waals surface area contributed by atoms with Gasteiger partial charge in [0.05, 0.1) is 17.1 Å². The topological polar surface area (TPSA) is 46.9 Å². The fourth-order valence-electron chi connectivity index (χ4n) is 3.10. The molecule has 4 nitrogen and oxygen atoms in total. The van der Waals surface area contributed by atoms with Crippen LogP contribution in [0.5, 0.6) is 0 Å². The number of hydrogen-bond acceptors (Lipinski definition) is 2. The molecule has 1 atom stereocenters. The maximum atomic E-state index is 12.4. The third kappa shape index (κ3) is 4.16. The third-order valence-corrected chi connectivity index (χ3v) is 4.72. The van der Waals surface area contributed by atoms with Crippen LogP contribution in [0.4, 0.5) is 0 Å². The highest BCUT2D eigenvalue weighted by atomic mass is 16.1. The van der Waals surface area contributed by atoms with E-state index in [1.165, 1.54) is 0 Å². The number of aromatic nitrogens is 2. The van der Waals surface area contributed by atoms with E-state index >= 15 is 0 Å². The number of nitrogens with zero attached hydrogens (tertiary/aromatic N) is 2. The average molecular weight is 329 g/mol. The zero-order valence-electron chi connectivity index (χ0n) is 15.7. The van der Waals surface area contributed by atoms with Crippen molar-refractivity contribution in [2.24, 2.45) is 11.8 Å². The first-order chi connectivity index (χ1) is 11.5. The minimum Gasteiger partial charge on any atom is -0.346 e. The Kier molecular flexibility index (Phi) is 6.41. The fraction of sp³-hybridized carbons (Fsp3) is 0.600. The number of hydrogen-bond donors (Lipinski definition) is 1. The predicted octanol–water partition coefficient (Wildman–Crippen LogP) is 4.70. The average Bonchev–Trinajstić information content (AvgIpc) is 2.92. The number of benzene rings is 1. The van der Waals surface area contributed by atoms with Gasteiger partial charge in [0.25, 0.3) is 0 Å². The normalized spacial score (nSPS) is 13.0. The van der Waals surface area contributed by atoms with E-state index in [2.05, 4.69) is 43.6 Å². The molecular weight excluding hydrogens is 298 g/mol. The van der Waals surface area contributed by atoms with E-state index < -0.39 is 0 Å². The summed E-state index contributed by atoms with van der Waals surface area (Å²) in [5, 5.41) is 3.16. The highest BCUT2D eigenvalue weighted by Gasteiger charge is 2.21. The zero-order valence-corrected chi connectivity index (χ0v) is 15.7. The molecule has 24 heavy (non-hydrogen) atoms. The van der Waals surface area contributed by atoms with Gasteiger partial charge < -0.3 is 9.88 Å². The molecule has 0 saturated heterocycles. The largest absolute Gasteiger partial charge is 0.346 e. The zero-order chi connectivity index (χ0) is 17.7. The second-order valence-electron chi connectivity index (χ2n) is 7.04. The van der Waals surface area contributed by atoms with Crippen LogP contribution >= 0.6 is 0 Å². The molecule has 0 radical (unpaired) electrons. The second kappa shape index (κ2) is 8.32. The van der Waals surface area contributed by atoms with Crippen LogP contribution in [0.25, 0.3) is 11.0 Å². The maximum absolute atomic E-state index is 12.4. The number of imidazole rings is 1. The summed E-state index contributed by atoms with van der Waals surface area (Å²) < 4.78 is 2.27. The Hall–Kier alpha value is -1.84. The number of aryl methyl sites for hydroxylation is 1. The van der Waals surface area contributed by atoms with Crippen molar-refractivity contribution in [3.63, 3.8) is 0 Å². The Morgan fingerprint density at radius 1 is 1.17 bits per heavy atom. The molecule has 0 aliphatic heterocycles. The van der Waals surface area contributed by atoms with Gasteiger partial charge in [-0.05, 0) is 44.2 Å². The van der Waals surface area contributed by atoms with Crippen molar-refractivity contribution in [3.05, 3.63) is 30.1 Å². The van der Waals surface area contributed by atoms with Crippen molar-refractivity contribution in [2.75, 3.05) is 0 Å². The van der Waals surface area contributed by atoms with E-state index in [9.17, 15) is 4.79 Å². The molecule has 132 valence electrons. The molecule has 1 amide bonds. The van der Waals surface area contributed by atoms with E-state index in [0.29, 0.717) is 5.92 Å². The van der Waals surface area contributed by atoms with Crippen LogP contribution in [0.2, 0.25) is 0 Å². The summed E-state index contributed by atoms with van der Waals surface area (Å²) in [5.74, 6) is 1.81. The first kappa shape index (κ1) is 18.5. The molecular formula is C20H31N3O. The highest BCUT2D eigenvalue weighted by Crippen LogP contribution is 2.22. The minimum absolute atomic E-state index is 0.0842. The third-order valence-electron chi connectivity index (χ3n) is 4.72. The van der Waals surface area contributed by atoms with Gasteiger partial charge in [0.15, 0.2) is 0 Å².